The van der Waals surface area contributed by atoms with Gasteiger partial charge in [0.1, 0.15) is 6.61 Å². The van der Waals surface area contributed by atoms with E-state index >= 15 is 0 Å². The van der Waals surface area contributed by atoms with Gasteiger partial charge in [-0.15, -0.1) is 0 Å². The molecule has 2 heterocycles. The largest absolute Gasteiger partial charge is 0.493 e. The molecular weight excluding hydrogens is 638 g/mol. The van der Waals surface area contributed by atoms with Crippen LogP contribution in [0.15, 0.2) is 92.3 Å². The Morgan fingerprint density at radius 2 is 1.86 bits per heavy atom. The molecule has 5 rings (SSSR count). The van der Waals surface area contributed by atoms with Crippen LogP contribution in [0.4, 0.5) is 5.69 Å². The summed E-state index contributed by atoms with van der Waals surface area (Å²) < 4.78 is 19.5. The number of rotatable bonds is 9. The summed E-state index contributed by atoms with van der Waals surface area (Å²) in [6.45, 7) is 2.01. The maximum atomic E-state index is 14.0. The number of nitro benzene ring substituents is 1. The average molecular weight is 665 g/mol. The molecule has 0 spiro atoms. The van der Waals surface area contributed by atoms with Crippen molar-refractivity contribution in [2.75, 3.05) is 14.2 Å². The minimum absolute atomic E-state index is 0.0172. The molecule has 3 aromatic carbocycles. The first-order chi connectivity index (χ1) is 20.7. The number of thiazole rings is 1. The van der Waals surface area contributed by atoms with Crippen LogP contribution in [0.25, 0.3) is 6.08 Å². The number of nitrogens with zero attached hydrogens (tertiary/aromatic N) is 3. The van der Waals surface area contributed by atoms with Crippen molar-refractivity contribution in [3.63, 3.8) is 0 Å². The number of hydrogen-bond donors (Lipinski definition) is 0. The molecule has 0 bridgehead atoms. The van der Waals surface area contributed by atoms with E-state index in [1.165, 1.54) is 42.3 Å². The van der Waals surface area contributed by atoms with E-state index in [-0.39, 0.29) is 17.9 Å². The quantitative estimate of drug-likeness (QED) is 0.139. The molecule has 43 heavy (non-hydrogen) atoms. The van der Waals surface area contributed by atoms with E-state index in [4.69, 9.17) is 19.2 Å². The molecule has 1 aliphatic rings. The highest BCUT2D eigenvalue weighted by Gasteiger charge is 2.33. The van der Waals surface area contributed by atoms with Crippen molar-refractivity contribution in [1.29, 1.82) is 0 Å². The molecule has 1 aromatic heterocycles. The fourth-order valence-corrected chi connectivity index (χ4v) is 6.29. The molecule has 220 valence electrons. The number of carbonyl (C=O) groups excluding carboxylic acids is 1. The summed E-state index contributed by atoms with van der Waals surface area (Å²) in [6, 6.07) is 18.2. The number of hydrogen-bond acceptors (Lipinski definition) is 9. The molecule has 0 amide bonds. The van der Waals surface area contributed by atoms with Crippen LogP contribution in [0.2, 0.25) is 0 Å². The van der Waals surface area contributed by atoms with Crippen LogP contribution in [0.1, 0.15) is 36.1 Å². The van der Waals surface area contributed by atoms with Gasteiger partial charge >= 0.3 is 5.97 Å². The Labute approximate surface area is 258 Å². The van der Waals surface area contributed by atoms with Gasteiger partial charge in [0, 0.05) is 22.2 Å². The monoisotopic (exact) mass is 663 g/mol. The van der Waals surface area contributed by atoms with Crippen LogP contribution in [0.5, 0.6) is 11.5 Å². The van der Waals surface area contributed by atoms with Crippen LogP contribution >= 0.6 is 27.3 Å². The Balaban J connectivity index is 1.64. The van der Waals surface area contributed by atoms with Gasteiger partial charge in [0.05, 0.1) is 41.0 Å². The third kappa shape index (κ3) is 6.02. The second kappa shape index (κ2) is 12.8. The third-order valence-corrected chi connectivity index (χ3v) is 8.29. The molecule has 12 heteroatoms. The van der Waals surface area contributed by atoms with Gasteiger partial charge in [0.25, 0.3) is 11.2 Å². The lowest BCUT2D eigenvalue weighted by molar-refractivity contribution is -0.384. The standard InChI is InChI=1S/C31H26BrN3O7S/c1-4-23-26(30(37)41-3)27(19-8-6-5-7-9-19)34-29(36)25(43-31(34)33-23)15-20-14-21(32)16-24(40-2)28(20)42-17-18-10-12-22(13-11-18)35(38)39/h5-16,27H,4,17H2,1-3H3/b25-15+/t27-/m0/s1. The zero-order chi connectivity index (χ0) is 30.7. The predicted molar refractivity (Wildman–Crippen MR) is 165 cm³/mol. The van der Waals surface area contributed by atoms with E-state index in [0.29, 0.717) is 54.1 Å². The smallest absolute Gasteiger partial charge is 0.338 e. The predicted octanol–water partition coefficient (Wildman–Crippen LogP) is 5.06. The summed E-state index contributed by atoms with van der Waals surface area (Å²) in [5, 5.41) is 11.0. The number of carbonyl (C=O) groups is 1. The SMILES string of the molecule is CCC1=C(C(=O)OC)[C@H](c2ccccc2)n2c(s/c(=C/c3cc(Br)cc(OC)c3OCc3ccc([N+](=O)[O-])cc3)c2=O)=N1. The molecule has 0 radical (unpaired) electrons. The first-order valence-corrected chi connectivity index (χ1v) is 14.8. The molecular formula is C31H26BrN3O7S. The maximum absolute atomic E-state index is 14.0. The number of aromatic nitrogens is 1. The molecule has 1 atom stereocenters. The fraction of sp³-hybridized carbons (Fsp3) is 0.194. The highest BCUT2D eigenvalue weighted by Crippen LogP contribution is 2.36. The number of ether oxygens (including phenoxy) is 3. The van der Waals surface area contributed by atoms with Crippen LogP contribution in [0, 0.1) is 10.1 Å². The van der Waals surface area contributed by atoms with Crippen molar-refractivity contribution in [2.45, 2.75) is 26.0 Å². The first kappa shape index (κ1) is 29.9. The minimum Gasteiger partial charge on any atom is -0.493 e. The molecule has 4 aromatic rings. The lowest BCUT2D eigenvalue weighted by Gasteiger charge is -2.25. The van der Waals surface area contributed by atoms with Crippen molar-refractivity contribution >= 4 is 45.0 Å². The highest BCUT2D eigenvalue weighted by molar-refractivity contribution is 9.10. The van der Waals surface area contributed by atoms with Crippen molar-refractivity contribution in [2.24, 2.45) is 4.99 Å². The average Bonchev–Trinajstić information content (AvgIpc) is 3.33. The number of halogens is 1. The van der Waals surface area contributed by atoms with E-state index in [9.17, 15) is 19.7 Å². The Morgan fingerprint density at radius 1 is 1.14 bits per heavy atom. The van der Waals surface area contributed by atoms with Crippen molar-refractivity contribution in [3.05, 3.63) is 129 Å². The summed E-state index contributed by atoms with van der Waals surface area (Å²) >= 11 is 4.72. The Bertz CT molecular complexity index is 1920. The van der Waals surface area contributed by atoms with Gasteiger partial charge in [-0.1, -0.05) is 64.5 Å². The van der Waals surface area contributed by atoms with E-state index in [1.807, 2.05) is 37.3 Å². The van der Waals surface area contributed by atoms with Gasteiger partial charge in [-0.3, -0.25) is 19.5 Å². The molecule has 0 N–H and O–H groups in total. The van der Waals surface area contributed by atoms with Crippen LogP contribution in [0.3, 0.4) is 0 Å². The minimum atomic E-state index is -0.711. The molecule has 0 unspecified atom stereocenters. The van der Waals surface area contributed by atoms with E-state index < -0.39 is 16.9 Å². The van der Waals surface area contributed by atoms with E-state index in [2.05, 4.69) is 15.9 Å². The highest BCUT2D eigenvalue weighted by atomic mass is 79.9. The number of benzene rings is 3. The summed E-state index contributed by atoms with van der Waals surface area (Å²) in [7, 11) is 2.83. The second-order valence-electron chi connectivity index (χ2n) is 9.44. The van der Waals surface area contributed by atoms with Crippen LogP contribution in [-0.4, -0.2) is 29.7 Å². The number of nitro groups is 1. The van der Waals surface area contributed by atoms with Gasteiger partial charge in [0.15, 0.2) is 16.3 Å². The summed E-state index contributed by atoms with van der Waals surface area (Å²) in [5.74, 6) is 0.278. The molecule has 0 fully saturated rings. The van der Waals surface area contributed by atoms with Gasteiger partial charge < -0.3 is 14.2 Å². The topological polar surface area (TPSA) is 122 Å². The van der Waals surface area contributed by atoms with Crippen LogP contribution < -0.4 is 24.4 Å². The van der Waals surface area contributed by atoms with E-state index in [1.54, 1.807) is 30.3 Å². The van der Waals surface area contributed by atoms with Gasteiger partial charge in [0.2, 0.25) is 0 Å². The van der Waals surface area contributed by atoms with Crippen LogP contribution in [-0.2, 0) is 16.1 Å². The number of non-ortho nitro benzene ring substituents is 1. The molecule has 0 saturated carbocycles. The number of esters is 1. The Hall–Kier alpha value is -4.55. The van der Waals surface area contributed by atoms with E-state index in [0.717, 1.165) is 5.56 Å². The zero-order valence-electron chi connectivity index (χ0n) is 23.4. The lowest BCUT2D eigenvalue weighted by atomic mass is 9.95. The Kier molecular flexibility index (Phi) is 8.88. The molecule has 10 nitrogen and oxygen atoms in total. The Morgan fingerprint density at radius 3 is 2.49 bits per heavy atom. The molecule has 1 aliphatic heterocycles. The second-order valence-corrected chi connectivity index (χ2v) is 11.4. The van der Waals surface area contributed by atoms with Crippen molar-refractivity contribution in [1.82, 2.24) is 4.57 Å². The summed E-state index contributed by atoms with van der Waals surface area (Å²) in [4.78, 5) is 42.8. The molecule has 0 aliphatic carbocycles. The summed E-state index contributed by atoms with van der Waals surface area (Å²) in [6.07, 6.45) is 2.18. The first-order valence-electron chi connectivity index (χ1n) is 13.2. The fourth-order valence-electron chi connectivity index (χ4n) is 4.83. The van der Waals surface area contributed by atoms with Crippen molar-refractivity contribution < 1.29 is 23.9 Å². The third-order valence-electron chi connectivity index (χ3n) is 6.85. The van der Waals surface area contributed by atoms with Crippen molar-refractivity contribution in [3.8, 4) is 11.5 Å². The maximum Gasteiger partial charge on any atom is 0.338 e. The zero-order valence-corrected chi connectivity index (χ0v) is 25.8. The van der Waals surface area contributed by atoms with Gasteiger partial charge in [-0.05, 0) is 47.9 Å². The number of allylic oxidation sites excluding steroid dienone is 1. The van der Waals surface area contributed by atoms with Gasteiger partial charge in [-0.25, -0.2) is 9.79 Å². The summed E-state index contributed by atoms with van der Waals surface area (Å²) in [5.41, 5.74) is 2.58. The normalized spacial score (nSPS) is 14.6. The molecule has 0 saturated heterocycles. The lowest BCUT2D eigenvalue weighted by Crippen LogP contribution is -2.40. The van der Waals surface area contributed by atoms with Gasteiger partial charge in [-0.2, -0.15) is 0 Å². The number of methoxy groups -OCH3 is 2. The number of fused-ring (bicyclic) bond motifs is 1.